The molecule has 2 amide bonds. The van der Waals surface area contributed by atoms with E-state index in [9.17, 15) is 9.59 Å². The molecule has 0 unspecified atom stereocenters. The Hall–Kier alpha value is -3.02. The second-order valence-electron chi connectivity index (χ2n) is 6.56. The highest BCUT2D eigenvalue weighted by atomic mass is 35.5. The van der Waals surface area contributed by atoms with E-state index in [4.69, 9.17) is 27.6 Å². The molecule has 0 atom stereocenters. The lowest BCUT2D eigenvalue weighted by molar-refractivity contribution is -0.116. The summed E-state index contributed by atoms with van der Waals surface area (Å²) in [6.07, 6.45) is 4.16. The first-order valence-electron chi connectivity index (χ1n) is 9.38. The summed E-state index contributed by atoms with van der Waals surface area (Å²) in [4.78, 5) is 23.9. The predicted molar refractivity (Wildman–Crippen MR) is 122 cm³/mol. The molecular weight excluding hydrogens is 423 g/mol. The Balaban J connectivity index is 1.63. The quantitative estimate of drug-likeness (QED) is 0.402. The summed E-state index contributed by atoms with van der Waals surface area (Å²) in [5.41, 5.74) is 1.96. The van der Waals surface area contributed by atoms with Crippen LogP contribution in [0.4, 0.5) is 11.4 Å². The lowest BCUT2D eigenvalue weighted by atomic mass is 10.2. The van der Waals surface area contributed by atoms with Crippen molar-refractivity contribution in [3.63, 3.8) is 0 Å². The number of halogens is 2. The molecule has 0 saturated heterocycles. The first-order valence-corrected chi connectivity index (χ1v) is 10.1. The maximum absolute atomic E-state index is 12.2. The van der Waals surface area contributed by atoms with Gasteiger partial charge >= 0.3 is 0 Å². The Bertz CT molecular complexity index is 1070. The van der Waals surface area contributed by atoms with Crippen LogP contribution in [0.3, 0.4) is 0 Å². The van der Waals surface area contributed by atoms with Gasteiger partial charge in [0.25, 0.3) is 0 Å². The van der Waals surface area contributed by atoms with Crippen molar-refractivity contribution >= 4 is 52.5 Å². The van der Waals surface area contributed by atoms with Crippen LogP contribution in [0.2, 0.25) is 10.0 Å². The third kappa shape index (κ3) is 6.24. The highest BCUT2D eigenvalue weighted by molar-refractivity contribution is 6.35. The van der Waals surface area contributed by atoms with Crippen LogP contribution in [0, 0.1) is 0 Å². The van der Waals surface area contributed by atoms with Gasteiger partial charge in [0.2, 0.25) is 11.8 Å². The van der Waals surface area contributed by atoms with Crippen molar-refractivity contribution in [2.24, 2.45) is 0 Å². The van der Waals surface area contributed by atoms with Crippen LogP contribution >= 0.6 is 23.2 Å². The van der Waals surface area contributed by atoms with Gasteiger partial charge in [-0.15, -0.1) is 0 Å². The Morgan fingerprint density at radius 3 is 2.37 bits per heavy atom. The van der Waals surface area contributed by atoms with E-state index in [1.807, 2.05) is 6.92 Å². The monoisotopic (exact) mass is 442 g/mol. The smallest absolute Gasteiger partial charge is 0.248 e. The van der Waals surface area contributed by atoms with Gasteiger partial charge in [0.05, 0.1) is 0 Å². The Kier molecular flexibility index (Phi) is 7.33. The average molecular weight is 443 g/mol. The van der Waals surface area contributed by atoms with Crippen molar-refractivity contribution in [2.75, 3.05) is 10.6 Å². The lowest BCUT2D eigenvalue weighted by Gasteiger charge is -2.07. The van der Waals surface area contributed by atoms with Crippen molar-refractivity contribution < 1.29 is 14.0 Å². The highest BCUT2D eigenvalue weighted by Gasteiger charge is 2.07. The summed E-state index contributed by atoms with van der Waals surface area (Å²) >= 11 is 12.0. The van der Waals surface area contributed by atoms with E-state index < -0.39 is 0 Å². The van der Waals surface area contributed by atoms with E-state index >= 15 is 0 Å². The van der Waals surface area contributed by atoms with Gasteiger partial charge in [-0.05, 0) is 61.0 Å². The van der Waals surface area contributed by atoms with Crippen molar-refractivity contribution in [2.45, 2.75) is 19.8 Å². The van der Waals surface area contributed by atoms with E-state index in [2.05, 4.69) is 10.6 Å². The van der Waals surface area contributed by atoms with Gasteiger partial charge in [0.1, 0.15) is 11.5 Å². The van der Waals surface area contributed by atoms with Gasteiger partial charge in [0, 0.05) is 39.5 Å². The Labute approximate surface area is 184 Å². The molecule has 154 valence electrons. The van der Waals surface area contributed by atoms with Crippen LogP contribution in [0.5, 0.6) is 0 Å². The molecule has 1 heterocycles. The van der Waals surface area contributed by atoms with Gasteiger partial charge < -0.3 is 15.1 Å². The third-order valence-electron chi connectivity index (χ3n) is 4.06. The molecule has 1 aromatic heterocycles. The summed E-state index contributed by atoms with van der Waals surface area (Å²) in [5.74, 6) is 0.720. The molecule has 3 rings (SSSR count). The molecule has 0 saturated carbocycles. The van der Waals surface area contributed by atoms with Crippen LogP contribution in [0.1, 0.15) is 25.5 Å². The molecule has 0 radical (unpaired) electrons. The normalized spacial score (nSPS) is 10.9. The second kappa shape index (κ2) is 10.1. The minimum atomic E-state index is -0.323. The molecule has 0 fully saturated rings. The number of hydrogen-bond acceptors (Lipinski definition) is 3. The van der Waals surface area contributed by atoms with Gasteiger partial charge in [-0.3, -0.25) is 9.59 Å². The number of amides is 2. The number of hydrogen-bond donors (Lipinski definition) is 2. The minimum absolute atomic E-state index is 0.0597. The topological polar surface area (TPSA) is 71.3 Å². The summed E-state index contributed by atoms with van der Waals surface area (Å²) in [7, 11) is 0. The number of furan rings is 1. The molecular formula is C23H20Cl2N2O3. The number of rotatable bonds is 7. The van der Waals surface area contributed by atoms with Crippen LogP contribution in [-0.2, 0) is 9.59 Å². The zero-order valence-corrected chi connectivity index (χ0v) is 17.8. The number of nitrogens with one attached hydrogen (secondary N) is 2. The molecule has 5 nitrogen and oxygen atoms in total. The number of benzene rings is 2. The number of carbonyl (C=O) groups excluding carboxylic acids is 2. The molecule has 0 aliphatic rings. The zero-order valence-electron chi connectivity index (χ0n) is 16.2. The molecule has 0 aliphatic carbocycles. The van der Waals surface area contributed by atoms with E-state index in [0.29, 0.717) is 39.4 Å². The second-order valence-corrected chi connectivity index (χ2v) is 7.43. The molecule has 0 aliphatic heterocycles. The standard InChI is InChI=1S/C23H20Cl2N2O3/c1-2-4-22(28)26-18-5-3-6-19(14-18)27-23(29)10-8-20-7-9-21(30-20)15-11-16(24)13-17(25)12-15/h3,5-14H,2,4H2,1H3,(H,26,28)(H,27,29)/b10-8+. The summed E-state index contributed by atoms with van der Waals surface area (Å²) in [5, 5.41) is 6.58. The van der Waals surface area contributed by atoms with Crippen LogP contribution < -0.4 is 10.6 Å². The molecule has 3 aromatic rings. The number of carbonyl (C=O) groups is 2. The first kappa shape index (κ1) is 21.7. The van der Waals surface area contributed by atoms with Gasteiger partial charge in [-0.1, -0.05) is 36.2 Å². The van der Waals surface area contributed by atoms with E-state index in [0.717, 1.165) is 12.0 Å². The van der Waals surface area contributed by atoms with E-state index in [1.54, 1.807) is 60.7 Å². The van der Waals surface area contributed by atoms with Crippen LogP contribution in [0.15, 0.2) is 65.1 Å². The molecule has 7 heteroatoms. The lowest BCUT2D eigenvalue weighted by Crippen LogP contribution is -2.11. The Morgan fingerprint density at radius 1 is 0.967 bits per heavy atom. The van der Waals surface area contributed by atoms with Gasteiger partial charge in [-0.2, -0.15) is 0 Å². The summed E-state index contributed by atoms with van der Waals surface area (Å²) in [6, 6.07) is 15.6. The zero-order chi connectivity index (χ0) is 21.5. The summed E-state index contributed by atoms with van der Waals surface area (Å²) in [6.45, 7) is 1.94. The maximum Gasteiger partial charge on any atom is 0.248 e. The van der Waals surface area contributed by atoms with E-state index in [-0.39, 0.29) is 11.8 Å². The number of anilines is 2. The molecule has 30 heavy (non-hydrogen) atoms. The predicted octanol–water partition coefficient (Wildman–Crippen LogP) is 6.64. The van der Waals surface area contributed by atoms with Gasteiger partial charge in [0.15, 0.2) is 0 Å². The SMILES string of the molecule is CCCC(=O)Nc1cccc(NC(=O)/C=C/c2ccc(-c3cc(Cl)cc(Cl)c3)o2)c1. The van der Waals surface area contributed by atoms with Crippen molar-refractivity contribution in [1.82, 2.24) is 0 Å². The fourth-order valence-electron chi connectivity index (χ4n) is 2.76. The summed E-state index contributed by atoms with van der Waals surface area (Å²) < 4.78 is 5.73. The van der Waals surface area contributed by atoms with Crippen LogP contribution in [0.25, 0.3) is 17.4 Å². The van der Waals surface area contributed by atoms with Crippen molar-refractivity contribution in [3.05, 3.63) is 76.5 Å². The molecule has 0 spiro atoms. The average Bonchev–Trinajstić information content (AvgIpc) is 3.15. The largest absolute Gasteiger partial charge is 0.457 e. The van der Waals surface area contributed by atoms with Crippen LogP contribution in [-0.4, -0.2) is 11.8 Å². The van der Waals surface area contributed by atoms with Crippen molar-refractivity contribution in [3.8, 4) is 11.3 Å². The van der Waals surface area contributed by atoms with Gasteiger partial charge in [-0.25, -0.2) is 0 Å². The molecule has 2 N–H and O–H groups in total. The van der Waals surface area contributed by atoms with Crippen molar-refractivity contribution in [1.29, 1.82) is 0 Å². The maximum atomic E-state index is 12.2. The molecule has 0 bridgehead atoms. The fourth-order valence-corrected chi connectivity index (χ4v) is 3.29. The highest BCUT2D eigenvalue weighted by Crippen LogP contribution is 2.29. The fraction of sp³-hybridized carbons (Fsp3) is 0.130. The van der Waals surface area contributed by atoms with E-state index in [1.165, 1.54) is 6.08 Å². The molecule has 2 aromatic carbocycles. The third-order valence-corrected chi connectivity index (χ3v) is 4.50. The first-order chi connectivity index (χ1) is 14.4. The Morgan fingerprint density at radius 2 is 1.67 bits per heavy atom. The minimum Gasteiger partial charge on any atom is -0.457 e.